The Balaban J connectivity index is 3.05. The number of hydrogen-bond donors (Lipinski definition) is 1. The van der Waals surface area contributed by atoms with Gasteiger partial charge in [0.1, 0.15) is 4.99 Å². The zero-order chi connectivity index (χ0) is 12.7. The Bertz CT molecular complexity index is 640. The van der Waals surface area contributed by atoms with Gasteiger partial charge in [-0.2, -0.15) is 0 Å². The molecule has 0 saturated heterocycles. The van der Waals surface area contributed by atoms with Crippen LogP contribution < -0.4 is 5.73 Å². The summed E-state index contributed by atoms with van der Waals surface area (Å²) in [6, 6.07) is 3.33. The first kappa shape index (κ1) is 12.8. The highest BCUT2D eigenvalue weighted by Gasteiger charge is 2.15. The topological polar surface area (TPSA) is 38.9 Å². The molecule has 2 aromatic rings. The third-order valence-corrected chi connectivity index (χ3v) is 3.62. The zero-order valence-corrected chi connectivity index (χ0v) is 11.8. The fraction of sp³-hybridized carbons (Fsp3) is 0.0909. The van der Waals surface area contributed by atoms with Gasteiger partial charge in [0.15, 0.2) is 0 Å². The predicted molar refractivity (Wildman–Crippen MR) is 77.4 cm³/mol. The molecule has 0 aliphatic heterocycles. The number of rotatable bonds is 1. The van der Waals surface area contributed by atoms with Gasteiger partial charge in [-0.1, -0.05) is 47.0 Å². The van der Waals surface area contributed by atoms with E-state index in [9.17, 15) is 0 Å². The molecule has 2 nitrogen and oxygen atoms in total. The van der Waals surface area contributed by atoms with Gasteiger partial charge in [-0.25, -0.2) is 0 Å². The average Bonchev–Trinajstić information content (AvgIpc) is 2.25. The lowest BCUT2D eigenvalue weighted by molar-refractivity contribution is 1.25. The summed E-state index contributed by atoms with van der Waals surface area (Å²) in [5.74, 6) is 0. The SMILES string of the molecule is Cc1cc(C(N)=S)c2c(Cl)c(Cl)cc(Cl)c2n1. The van der Waals surface area contributed by atoms with Crippen molar-refractivity contribution in [1.82, 2.24) is 4.98 Å². The maximum absolute atomic E-state index is 6.15. The van der Waals surface area contributed by atoms with E-state index in [4.69, 9.17) is 52.8 Å². The summed E-state index contributed by atoms with van der Waals surface area (Å²) in [5, 5.41) is 1.74. The minimum absolute atomic E-state index is 0.237. The Labute approximate surface area is 119 Å². The number of halogens is 3. The van der Waals surface area contributed by atoms with Crippen molar-refractivity contribution in [2.75, 3.05) is 0 Å². The first-order valence-corrected chi connectivity index (χ1v) is 6.20. The summed E-state index contributed by atoms with van der Waals surface area (Å²) in [6.07, 6.45) is 0. The molecule has 1 aromatic carbocycles. The van der Waals surface area contributed by atoms with E-state index in [1.54, 1.807) is 12.1 Å². The molecular weight excluding hydrogens is 299 g/mol. The fourth-order valence-electron chi connectivity index (χ4n) is 1.62. The summed E-state index contributed by atoms with van der Waals surface area (Å²) in [6.45, 7) is 1.83. The number of fused-ring (bicyclic) bond motifs is 1. The number of hydrogen-bond acceptors (Lipinski definition) is 2. The Morgan fingerprint density at radius 2 is 1.88 bits per heavy atom. The average molecular weight is 306 g/mol. The van der Waals surface area contributed by atoms with E-state index in [-0.39, 0.29) is 4.99 Å². The second-order valence-corrected chi connectivity index (χ2v) is 5.19. The minimum Gasteiger partial charge on any atom is -0.389 e. The van der Waals surface area contributed by atoms with Gasteiger partial charge in [0.05, 0.1) is 20.6 Å². The van der Waals surface area contributed by atoms with Gasteiger partial charge in [-0.3, -0.25) is 4.98 Å². The highest BCUT2D eigenvalue weighted by molar-refractivity contribution is 7.80. The van der Waals surface area contributed by atoms with E-state index in [0.717, 1.165) is 5.69 Å². The molecule has 6 heteroatoms. The lowest BCUT2D eigenvalue weighted by Crippen LogP contribution is -2.11. The summed E-state index contributed by atoms with van der Waals surface area (Å²) >= 11 is 23.2. The first-order chi connectivity index (χ1) is 7.91. The van der Waals surface area contributed by atoms with Crippen molar-refractivity contribution < 1.29 is 0 Å². The maximum Gasteiger partial charge on any atom is 0.104 e. The number of nitrogens with two attached hydrogens (primary N) is 1. The van der Waals surface area contributed by atoms with E-state index in [1.165, 1.54) is 0 Å². The second kappa shape index (κ2) is 4.58. The van der Waals surface area contributed by atoms with Crippen molar-refractivity contribution in [3.05, 3.63) is 38.5 Å². The quantitative estimate of drug-likeness (QED) is 0.636. The van der Waals surface area contributed by atoms with E-state index in [2.05, 4.69) is 4.98 Å². The summed E-state index contributed by atoms with van der Waals surface area (Å²) in [7, 11) is 0. The van der Waals surface area contributed by atoms with Gasteiger partial charge in [0.25, 0.3) is 0 Å². The van der Waals surface area contributed by atoms with Crippen LogP contribution in [0.4, 0.5) is 0 Å². The van der Waals surface area contributed by atoms with Crippen molar-refractivity contribution in [3.8, 4) is 0 Å². The number of benzene rings is 1. The molecule has 0 atom stereocenters. The molecular formula is C11H7Cl3N2S. The van der Waals surface area contributed by atoms with E-state index in [1.807, 2.05) is 6.92 Å². The Kier molecular flexibility index (Phi) is 3.46. The van der Waals surface area contributed by atoms with Gasteiger partial charge in [0, 0.05) is 16.6 Å². The standard InChI is InChI=1S/C11H7Cl3N2S/c1-4-2-5(11(15)17)8-9(14)6(12)3-7(13)10(8)16-4/h2-3H,1H3,(H2,15,17). The lowest BCUT2D eigenvalue weighted by atomic mass is 10.1. The van der Waals surface area contributed by atoms with Crippen molar-refractivity contribution in [2.45, 2.75) is 6.92 Å². The van der Waals surface area contributed by atoms with E-state index >= 15 is 0 Å². The zero-order valence-electron chi connectivity index (χ0n) is 8.72. The molecule has 2 N–H and O–H groups in total. The molecule has 0 fully saturated rings. The first-order valence-electron chi connectivity index (χ1n) is 4.66. The van der Waals surface area contributed by atoms with E-state index in [0.29, 0.717) is 31.5 Å². The van der Waals surface area contributed by atoms with Crippen molar-refractivity contribution in [2.24, 2.45) is 5.73 Å². The van der Waals surface area contributed by atoms with Gasteiger partial charge >= 0.3 is 0 Å². The van der Waals surface area contributed by atoms with Crippen LogP contribution in [0.5, 0.6) is 0 Å². The number of thiocarbonyl (C=S) groups is 1. The molecule has 0 radical (unpaired) electrons. The van der Waals surface area contributed by atoms with Crippen LogP contribution in [0.25, 0.3) is 10.9 Å². The predicted octanol–water partition coefficient (Wildman–Crippen LogP) is 4.14. The summed E-state index contributed by atoms with van der Waals surface area (Å²) in [4.78, 5) is 4.57. The van der Waals surface area contributed by atoms with Gasteiger partial charge in [-0.15, -0.1) is 0 Å². The number of aromatic nitrogens is 1. The second-order valence-electron chi connectivity index (χ2n) is 3.55. The van der Waals surface area contributed by atoms with Gasteiger partial charge in [-0.05, 0) is 19.1 Å². The van der Waals surface area contributed by atoms with Crippen LogP contribution in [0.15, 0.2) is 12.1 Å². The molecule has 0 bridgehead atoms. The third kappa shape index (κ3) is 2.20. The van der Waals surface area contributed by atoms with Crippen molar-refractivity contribution in [3.63, 3.8) is 0 Å². The monoisotopic (exact) mass is 304 g/mol. The van der Waals surface area contributed by atoms with Crippen LogP contribution in [0.2, 0.25) is 15.1 Å². The molecule has 0 aliphatic rings. The molecule has 2 rings (SSSR count). The molecule has 17 heavy (non-hydrogen) atoms. The molecule has 0 amide bonds. The van der Waals surface area contributed by atoms with Crippen LogP contribution in [0.3, 0.4) is 0 Å². The summed E-state index contributed by atoms with van der Waals surface area (Å²) < 4.78 is 0. The summed E-state index contributed by atoms with van der Waals surface area (Å²) in [5.41, 5.74) is 7.64. The molecule has 0 saturated carbocycles. The molecule has 88 valence electrons. The largest absolute Gasteiger partial charge is 0.389 e. The van der Waals surface area contributed by atoms with Crippen LogP contribution in [-0.4, -0.2) is 9.97 Å². The smallest absolute Gasteiger partial charge is 0.104 e. The van der Waals surface area contributed by atoms with Crippen LogP contribution in [0, 0.1) is 6.92 Å². The maximum atomic E-state index is 6.15. The van der Waals surface area contributed by atoms with Gasteiger partial charge < -0.3 is 5.73 Å². The highest BCUT2D eigenvalue weighted by atomic mass is 35.5. The number of aryl methyl sites for hydroxylation is 1. The van der Waals surface area contributed by atoms with E-state index < -0.39 is 0 Å². The van der Waals surface area contributed by atoms with Crippen molar-refractivity contribution >= 4 is 62.9 Å². The van der Waals surface area contributed by atoms with Gasteiger partial charge in [0.2, 0.25) is 0 Å². The van der Waals surface area contributed by atoms with Crippen LogP contribution in [0.1, 0.15) is 11.3 Å². The normalized spacial score (nSPS) is 10.8. The fourth-order valence-corrected chi connectivity index (χ4v) is 2.54. The highest BCUT2D eigenvalue weighted by Crippen LogP contribution is 2.37. The number of pyridine rings is 1. The molecule has 0 spiro atoms. The lowest BCUT2D eigenvalue weighted by Gasteiger charge is -2.10. The third-order valence-electron chi connectivity index (χ3n) is 2.32. The van der Waals surface area contributed by atoms with Crippen LogP contribution in [-0.2, 0) is 0 Å². The minimum atomic E-state index is 0.237. The Morgan fingerprint density at radius 3 is 2.47 bits per heavy atom. The molecule has 0 unspecified atom stereocenters. The van der Waals surface area contributed by atoms with Crippen molar-refractivity contribution in [1.29, 1.82) is 0 Å². The number of nitrogens with zero attached hydrogens (tertiary/aromatic N) is 1. The molecule has 1 heterocycles. The Morgan fingerprint density at radius 1 is 1.24 bits per heavy atom. The Hall–Kier alpha value is -0.610. The molecule has 0 aliphatic carbocycles. The molecule has 1 aromatic heterocycles. The van der Waals surface area contributed by atoms with Crippen LogP contribution >= 0.6 is 47.0 Å².